The van der Waals surface area contributed by atoms with Crippen molar-refractivity contribution in [2.45, 2.75) is 26.2 Å². The van der Waals surface area contributed by atoms with Crippen LogP contribution in [0.2, 0.25) is 0 Å². The smallest absolute Gasteiger partial charge is 0.131 e. The highest BCUT2D eigenvalue weighted by atomic mass is 16.5. The van der Waals surface area contributed by atoms with Gasteiger partial charge in [0, 0.05) is 5.56 Å². The number of rotatable bonds is 2. The van der Waals surface area contributed by atoms with Gasteiger partial charge in [0.05, 0.1) is 0 Å². The van der Waals surface area contributed by atoms with Gasteiger partial charge in [-0.3, -0.25) is 0 Å². The number of hydrogen-bond acceptors (Lipinski definition) is 1. The third-order valence-corrected chi connectivity index (χ3v) is 2.61. The molecule has 0 atom stereocenters. The van der Waals surface area contributed by atoms with E-state index in [1.54, 1.807) is 0 Å². The average molecular weight is 225 g/mol. The molecule has 0 aromatic heterocycles. The van der Waals surface area contributed by atoms with Gasteiger partial charge in [-0.15, -0.1) is 0 Å². The van der Waals surface area contributed by atoms with E-state index in [9.17, 15) is 0 Å². The van der Waals surface area contributed by atoms with Crippen LogP contribution in [0, 0.1) is 6.07 Å². The van der Waals surface area contributed by atoms with Gasteiger partial charge in [0.15, 0.2) is 0 Å². The Balaban J connectivity index is 2.34. The lowest BCUT2D eigenvalue weighted by molar-refractivity contribution is 0.455. The predicted octanol–water partition coefficient (Wildman–Crippen LogP) is 4.58. The molecular weight excluding hydrogens is 208 g/mol. The van der Waals surface area contributed by atoms with Crippen molar-refractivity contribution >= 4 is 0 Å². The molecule has 1 nitrogen and oxygen atoms in total. The van der Waals surface area contributed by atoms with E-state index in [2.05, 4.69) is 32.9 Å². The Hall–Kier alpha value is -1.76. The second-order valence-corrected chi connectivity index (χ2v) is 5.08. The van der Waals surface area contributed by atoms with Crippen LogP contribution in [0.15, 0.2) is 48.5 Å². The minimum absolute atomic E-state index is 0.0809. The number of benzene rings is 2. The first kappa shape index (κ1) is 11.7. The molecule has 0 amide bonds. The number of ether oxygens (including phenoxy) is 1. The Morgan fingerprint density at radius 1 is 0.941 bits per heavy atom. The van der Waals surface area contributed by atoms with Crippen molar-refractivity contribution < 1.29 is 4.74 Å². The molecule has 17 heavy (non-hydrogen) atoms. The maximum Gasteiger partial charge on any atom is 0.131 e. The van der Waals surface area contributed by atoms with Crippen LogP contribution in [0.1, 0.15) is 26.3 Å². The molecule has 0 heterocycles. The quantitative estimate of drug-likeness (QED) is 0.727. The highest BCUT2D eigenvalue weighted by molar-refractivity contribution is 5.41. The van der Waals surface area contributed by atoms with E-state index in [0.717, 1.165) is 11.5 Å². The zero-order valence-corrected chi connectivity index (χ0v) is 10.5. The van der Waals surface area contributed by atoms with Gasteiger partial charge in [-0.25, -0.2) is 0 Å². The van der Waals surface area contributed by atoms with Gasteiger partial charge in [0.25, 0.3) is 0 Å². The van der Waals surface area contributed by atoms with Crippen LogP contribution in [0.25, 0.3) is 0 Å². The van der Waals surface area contributed by atoms with E-state index in [1.165, 1.54) is 5.56 Å². The normalized spacial score (nSPS) is 11.2. The summed E-state index contributed by atoms with van der Waals surface area (Å²) in [6, 6.07) is 18.7. The van der Waals surface area contributed by atoms with Crippen molar-refractivity contribution in [3.05, 3.63) is 60.2 Å². The van der Waals surface area contributed by atoms with Gasteiger partial charge >= 0.3 is 0 Å². The molecule has 2 aromatic carbocycles. The van der Waals surface area contributed by atoms with Crippen molar-refractivity contribution in [2.24, 2.45) is 0 Å². The standard InChI is InChI=1S/C16H17O/c1-16(2,3)14-11-7-8-12-15(14)17-13-9-5-4-6-10-13/h5-12H,1-3H3. The molecule has 1 heteroatoms. The molecule has 0 unspecified atom stereocenters. The third kappa shape index (κ3) is 2.88. The molecule has 2 rings (SSSR count). The Morgan fingerprint density at radius 2 is 1.59 bits per heavy atom. The maximum atomic E-state index is 5.92. The highest BCUT2D eigenvalue weighted by Crippen LogP contribution is 2.33. The Bertz CT molecular complexity index is 480. The molecule has 0 spiro atoms. The van der Waals surface area contributed by atoms with Crippen LogP contribution in [0.5, 0.6) is 11.5 Å². The van der Waals surface area contributed by atoms with Crippen molar-refractivity contribution in [1.82, 2.24) is 0 Å². The van der Waals surface area contributed by atoms with E-state index in [0.29, 0.717) is 0 Å². The monoisotopic (exact) mass is 225 g/mol. The summed E-state index contributed by atoms with van der Waals surface area (Å²) < 4.78 is 5.92. The molecule has 87 valence electrons. The molecule has 0 saturated carbocycles. The SMILES string of the molecule is CC(C)(C)c1ccccc1Oc1cc[c]cc1. The van der Waals surface area contributed by atoms with Gasteiger partial charge in [0.2, 0.25) is 0 Å². The average Bonchev–Trinajstić information content (AvgIpc) is 2.30. The number of hydrogen-bond donors (Lipinski definition) is 0. The van der Waals surface area contributed by atoms with Crippen molar-refractivity contribution in [2.75, 3.05) is 0 Å². The molecule has 1 radical (unpaired) electrons. The van der Waals surface area contributed by atoms with E-state index in [4.69, 9.17) is 4.74 Å². The minimum Gasteiger partial charge on any atom is -0.457 e. The first-order valence-electron chi connectivity index (χ1n) is 5.81. The van der Waals surface area contributed by atoms with Crippen LogP contribution in [0.3, 0.4) is 0 Å². The van der Waals surface area contributed by atoms with Crippen LogP contribution < -0.4 is 4.74 Å². The van der Waals surface area contributed by atoms with E-state index in [-0.39, 0.29) is 5.41 Å². The zero-order valence-electron chi connectivity index (χ0n) is 10.5. The first-order chi connectivity index (χ1) is 8.07. The second kappa shape index (κ2) is 4.62. The molecule has 0 aliphatic heterocycles. The largest absolute Gasteiger partial charge is 0.457 e. The van der Waals surface area contributed by atoms with Crippen LogP contribution in [-0.4, -0.2) is 0 Å². The van der Waals surface area contributed by atoms with Gasteiger partial charge in [-0.05, 0) is 29.7 Å². The van der Waals surface area contributed by atoms with Gasteiger partial charge < -0.3 is 4.74 Å². The van der Waals surface area contributed by atoms with E-state index >= 15 is 0 Å². The summed E-state index contributed by atoms with van der Waals surface area (Å²) >= 11 is 0. The summed E-state index contributed by atoms with van der Waals surface area (Å²) in [7, 11) is 0. The Kier molecular flexibility index (Phi) is 3.19. The van der Waals surface area contributed by atoms with Crippen LogP contribution in [0.4, 0.5) is 0 Å². The lowest BCUT2D eigenvalue weighted by Gasteiger charge is -2.22. The fourth-order valence-electron chi connectivity index (χ4n) is 1.74. The lowest BCUT2D eigenvalue weighted by Crippen LogP contribution is -2.12. The van der Waals surface area contributed by atoms with Gasteiger partial charge in [-0.2, -0.15) is 0 Å². The van der Waals surface area contributed by atoms with Crippen LogP contribution in [-0.2, 0) is 5.41 Å². The molecule has 0 saturated heterocycles. The zero-order chi connectivity index (χ0) is 12.3. The maximum absolute atomic E-state index is 5.92. The first-order valence-corrected chi connectivity index (χ1v) is 5.81. The molecule has 0 aliphatic rings. The summed E-state index contributed by atoms with van der Waals surface area (Å²) in [5.41, 5.74) is 1.30. The van der Waals surface area contributed by atoms with Gasteiger partial charge in [0.1, 0.15) is 11.5 Å². The summed E-state index contributed by atoms with van der Waals surface area (Å²) in [5, 5.41) is 0. The fraction of sp³-hybridized carbons (Fsp3) is 0.250. The van der Waals surface area contributed by atoms with Crippen molar-refractivity contribution in [3.63, 3.8) is 0 Å². The fourth-order valence-corrected chi connectivity index (χ4v) is 1.74. The molecular formula is C16H17O. The molecule has 0 fully saturated rings. The molecule has 0 aliphatic carbocycles. The molecule has 2 aromatic rings. The van der Waals surface area contributed by atoms with E-state index < -0.39 is 0 Å². The summed E-state index contributed by atoms with van der Waals surface area (Å²) in [6.45, 7) is 6.57. The van der Waals surface area contributed by atoms with Crippen molar-refractivity contribution in [3.8, 4) is 11.5 Å². The highest BCUT2D eigenvalue weighted by Gasteiger charge is 2.18. The summed E-state index contributed by atoms with van der Waals surface area (Å²) in [5.74, 6) is 1.77. The Labute approximate surface area is 103 Å². The topological polar surface area (TPSA) is 9.23 Å². The summed E-state index contributed by atoms with van der Waals surface area (Å²) in [4.78, 5) is 0. The minimum atomic E-state index is 0.0809. The third-order valence-electron chi connectivity index (χ3n) is 2.61. The van der Waals surface area contributed by atoms with Crippen molar-refractivity contribution in [1.29, 1.82) is 0 Å². The lowest BCUT2D eigenvalue weighted by atomic mass is 9.86. The number of para-hydroxylation sites is 1. The molecule has 0 N–H and O–H groups in total. The summed E-state index contributed by atoms with van der Waals surface area (Å²) in [6.07, 6.45) is 0. The van der Waals surface area contributed by atoms with E-state index in [1.807, 2.05) is 42.5 Å². The molecule has 0 bridgehead atoms. The Morgan fingerprint density at radius 3 is 2.24 bits per heavy atom. The van der Waals surface area contributed by atoms with Gasteiger partial charge in [-0.1, -0.05) is 51.1 Å². The second-order valence-electron chi connectivity index (χ2n) is 5.08. The predicted molar refractivity (Wildman–Crippen MR) is 70.5 cm³/mol. The van der Waals surface area contributed by atoms with Crippen LogP contribution >= 0.6 is 0 Å².